The smallest absolute Gasteiger partial charge is 0.726 e. The van der Waals surface area contributed by atoms with E-state index in [1.54, 1.807) is 0 Å². The fraction of sp³-hybridized carbons (Fsp3) is 1.00. The topological polar surface area (TPSA) is 66.4 Å². The number of unbranched alkanes of at least 4 members (excludes halogenated alkanes) is 20. The van der Waals surface area contributed by atoms with Crippen molar-refractivity contribution in [2.45, 2.75) is 168 Å². The van der Waals surface area contributed by atoms with Gasteiger partial charge in [0.05, 0.1) is 6.61 Å². The molecule has 0 radical (unpaired) electrons. The molecular formula is C28H57KO4S. The molecule has 0 rings (SSSR count). The molecule has 0 spiro atoms. The molecule has 0 amide bonds. The van der Waals surface area contributed by atoms with E-state index in [9.17, 15) is 13.0 Å². The van der Waals surface area contributed by atoms with E-state index in [2.05, 4.69) is 18.0 Å². The van der Waals surface area contributed by atoms with Gasteiger partial charge in [-0.25, -0.2) is 8.42 Å². The second kappa shape index (κ2) is 29.1. The zero-order valence-electron chi connectivity index (χ0n) is 23.3. The van der Waals surface area contributed by atoms with Gasteiger partial charge in [-0.2, -0.15) is 0 Å². The molecule has 0 aliphatic heterocycles. The molecule has 0 aromatic heterocycles. The van der Waals surface area contributed by atoms with Gasteiger partial charge >= 0.3 is 51.4 Å². The number of hydrogen-bond donors (Lipinski definition) is 0. The molecule has 1 unspecified atom stereocenters. The Kier molecular flexibility index (Phi) is 32.2. The summed E-state index contributed by atoms with van der Waals surface area (Å²) in [4.78, 5) is 0. The zero-order valence-corrected chi connectivity index (χ0v) is 27.2. The van der Waals surface area contributed by atoms with Gasteiger partial charge in [0.1, 0.15) is 0 Å². The third-order valence-corrected chi connectivity index (χ3v) is 7.30. The van der Waals surface area contributed by atoms with Crippen molar-refractivity contribution >= 4 is 10.4 Å². The molecular weight excluding hydrogens is 471 g/mol. The fourth-order valence-corrected chi connectivity index (χ4v) is 5.04. The van der Waals surface area contributed by atoms with Crippen molar-refractivity contribution in [1.29, 1.82) is 0 Å². The van der Waals surface area contributed by atoms with Crippen LogP contribution in [0.3, 0.4) is 0 Å². The molecule has 200 valence electrons. The average molecular weight is 529 g/mol. The van der Waals surface area contributed by atoms with Gasteiger partial charge in [0.25, 0.3) is 0 Å². The van der Waals surface area contributed by atoms with E-state index in [0.717, 1.165) is 25.7 Å². The van der Waals surface area contributed by atoms with E-state index < -0.39 is 10.4 Å². The van der Waals surface area contributed by atoms with Crippen LogP contribution >= 0.6 is 0 Å². The summed E-state index contributed by atoms with van der Waals surface area (Å²) < 4.78 is 37.1. The molecule has 0 N–H and O–H groups in total. The molecule has 1 atom stereocenters. The number of rotatable bonds is 27. The van der Waals surface area contributed by atoms with Gasteiger partial charge in [-0.05, 0) is 18.8 Å². The Balaban J connectivity index is 0. The second-order valence-electron chi connectivity index (χ2n) is 10.2. The summed E-state index contributed by atoms with van der Waals surface area (Å²) in [6.07, 6.45) is 30.9. The molecule has 6 heteroatoms. The Morgan fingerprint density at radius 1 is 0.529 bits per heavy atom. The van der Waals surface area contributed by atoms with E-state index in [4.69, 9.17) is 0 Å². The summed E-state index contributed by atoms with van der Waals surface area (Å²) in [6, 6.07) is 0. The van der Waals surface area contributed by atoms with Gasteiger partial charge in [0.15, 0.2) is 0 Å². The molecule has 0 saturated heterocycles. The predicted molar refractivity (Wildman–Crippen MR) is 141 cm³/mol. The van der Waals surface area contributed by atoms with Gasteiger partial charge in [0, 0.05) is 0 Å². The Hall–Kier alpha value is 1.51. The van der Waals surface area contributed by atoms with Crippen molar-refractivity contribution in [1.82, 2.24) is 0 Å². The van der Waals surface area contributed by atoms with Crippen molar-refractivity contribution in [2.24, 2.45) is 5.92 Å². The molecule has 0 aromatic rings. The van der Waals surface area contributed by atoms with Crippen LogP contribution in [0.2, 0.25) is 0 Å². The van der Waals surface area contributed by atoms with Gasteiger partial charge < -0.3 is 4.55 Å². The SMILES string of the molecule is CCCCCCCCCCCCCCCCCC(CCCCCCCCC)COS(=O)(=O)[O-].[K+]. The minimum Gasteiger partial charge on any atom is -0.726 e. The van der Waals surface area contributed by atoms with Crippen LogP contribution in [0.5, 0.6) is 0 Å². The van der Waals surface area contributed by atoms with Crippen molar-refractivity contribution in [3.05, 3.63) is 0 Å². The Morgan fingerprint density at radius 3 is 1.06 bits per heavy atom. The Morgan fingerprint density at radius 2 is 0.794 bits per heavy atom. The third kappa shape index (κ3) is 31.5. The minimum absolute atomic E-state index is 0. The van der Waals surface area contributed by atoms with Crippen LogP contribution in [0.25, 0.3) is 0 Å². The second-order valence-corrected chi connectivity index (χ2v) is 11.3. The molecule has 0 saturated carbocycles. The molecule has 0 bridgehead atoms. The maximum Gasteiger partial charge on any atom is 1.00 e. The Bertz CT molecular complexity index is 485. The van der Waals surface area contributed by atoms with Crippen LogP contribution in [0, 0.1) is 5.92 Å². The summed E-state index contributed by atoms with van der Waals surface area (Å²) in [5.74, 6) is 0.200. The van der Waals surface area contributed by atoms with Crippen LogP contribution in [0.1, 0.15) is 168 Å². The molecule has 0 fully saturated rings. The standard InChI is InChI=1S/C28H58O4S.K/c1-3-5-7-9-11-12-13-14-15-16-17-18-20-22-24-26-28(27-32-33(29,30)31)25-23-21-19-10-8-6-4-2;/h28H,3-27H2,1-2H3,(H,29,30,31);/q;+1/p-1. The first-order valence-electron chi connectivity index (χ1n) is 14.6. The Labute approximate surface area is 256 Å². The first-order chi connectivity index (χ1) is 16.0. The van der Waals surface area contributed by atoms with Gasteiger partial charge in [-0.15, -0.1) is 0 Å². The van der Waals surface area contributed by atoms with Gasteiger partial charge in [0.2, 0.25) is 10.4 Å². The van der Waals surface area contributed by atoms with Crippen LogP contribution in [0.4, 0.5) is 0 Å². The van der Waals surface area contributed by atoms with Crippen molar-refractivity contribution in [3.63, 3.8) is 0 Å². The maximum atomic E-state index is 10.8. The molecule has 0 aliphatic carbocycles. The summed E-state index contributed by atoms with van der Waals surface area (Å²) in [6.45, 7) is 4.57. The largest absolute Gasteiger partial charge is 1.00 e. The number of hydrogen-bond acceptors (Lipinski definition) is 4. The van der Waals surface area contributed by atoms with E-state index in [1.807, 2.05) is 0 Å². The molecule has 34 heavy (non-hydrogen) atoms. The molecule has 0 aliphatic rings. The summed E-state index contributed by atoms with van der Waals surface area (Å²) in [5, 5.41) is 0. The molecule has 4 nitrogen and oxygen atoms in total. The van der Waals surface area contributed by atoms with Crippen LogP contribution in [0.15, 0.2) is 0 Å². The van der Waals surface area contributed by atoms with Crippen LogP contribution < -0.4 is 51.4 Å². The maximum absolute atomic E-state index is 10.8. The van der Waals surface area contributed by atoms with Gasteiger partial charge in [-0.1, -0.05) is 155 Å². The quantitative estimate of drug-likeness (QED) is 0.0529. The van der Waals surface area contributed by atoms with Crippen molar-refractivity contribution in [3.8, 4) is 0 Å². The summed E-state index contributed by atoms with van der Waals surface area (Å²) in [5.41, 5.74) is 0. The third-order valence-electron chi connectivity index (χ3n) is 6.88. The minimum atomic E-state index is -4.57. The van der Waals surface area contributed by atoms with E-state index in [0.29, 0.717) is 0 Å². The van der Waals surface area contributed by atoms with Gasteiger partial charge in [-0.3, -0.25) is 4.18 Å². The molecule has 0 aromatic carbocycles. The summed E-state index contributed by atoms with van der Waals surface area (Å²) in [7, 11) is -4.57. The van der Waals surface area contributed by atoms with E-state index in [-0.39, 0.29) is 63.9 Å². The first-order valence-corrected chi connectivity index (χ1v) is 15.9. The zero-order chi connectivity index (χ0) is 24.5. The van der Waals surface area contributed by atoms with Crippen molar-refractivity contribution < 1.29 is 68.5 Å². The van der Waals surface area contributed by atoms with Crippen LogP contribution in [-0.2, 0) is 14.6 Å². The predicted octanol–water partition coefficient (Wildman–Crippen LogP) is 6.49. The first kappa shape index (κ1) is 37.7. The normalized spacial score (nSPS) is 12.6. The average Bonchev–Trinajstić information content (AvgIpc) is 2.78. The summed E-state index contributed by atoms with van der Waals surface area (Å²) >= 11 is 0. The van der Waals surface area contributed by atoms with Crippen molar-refractivity contribution in [2.75, 3.05) is 6.61 Å². The van der Waals surface area contributed by atoms with Crippen LogP contribution in [-0.4, -0.2) is 19.6 Å². The monoisotopic (exact) mass is 528 g/mol. The van der Waals surface area contributed by atoms with E-state index in [1.165, 1.54) is 128 Å². The molecule has 0 heterocycles. The van der Waals surface area contributed by atoms with E-state index >= 15 is 0 Å². The fourth-order valence-electron chi connectivity index (χ4n) is 4.69.